The summed E-state index contributed by atoms with van der Waals surface area (Å²) >= 11 is 0. The minimum atomic E-state index is -0.863. The second-order valence-corrected chi connectivity index (χ2v) is 5.71. The molecule has 0 unspecified atom stereocenters. The van der Waals surface area contributed by atoms with Crippen molar-refractivity contribution in [2.24, 2.45) is 0 Å². The Morgan fingerprint density at radius 1 is 1.35 bits per heavy atom. The van der Waals surface area contributed by atoms with Crippen LogP contribution in [0.15, 0.2) is 12.1 Å². The summed E-state index contributed by atoms with van der Waals surface area (Å²) < 4.78 is 6.18. The third-order valence-electron chi connectivity index (χ3n) is 4.36. The van der Waals surface area contributed by atoms with Gasteiger partial charge in [-0.1, -0.05) is 19.1 Å². The summed E-state index contributed by atoms with van der Waals surface area (Å²) in [7, 11) is 0. The van der Waals surface area contributed by atoms with Crippen LogP contribution < -0.4 is 4.74 Å². The zero-order valence-electron chi connectivity index (χ0n) is 11.9. The van der Waals surface area contributed by atoms with Gasteiger partial charge in [-0.2, -0.15) is 0 Å². The molecule has 0 fully saturated rings. The predicted molar refractivity (Wildman–Crippen MR) is 76.2 cm³/mol. The van der Waals surface area contributed by atoms with Gasteiger partial charge in [-0.05, 0) is 43.2 Å². The zero-order chi connectivity index (χ0) is 14.1. The number of aryl methyl sites for hydroxylation is 1. The van der Waals surface area contributed by atoms with Gasteiger partial charge in [-0.25, -0.2) is 4.79 Å². The van der Waals surface area contributed by atoms with E-state index in [9.17, 15) is 9.90 Å². The quantitative estimate of drug-likeness (QED) is 0.856. The van der Waals surface area contributed by atoms with E-state index in [0.29, 0.717) is 13.1 Å². The van der Waals surface area contributed by atoms with Gasteiger partial charge in [-0.3, -0.25) is 0 Å². The normalized spacial score (nSPS) is 21.4. The largest absolute Gasteiger partial charge is 0.488 e. The molecule has 1 atom stereocenters. The molecule has 108 valence electrons. The molecule has 20 heavy (non-hydrogen) atoms. The molecule has 1 aliphatic carbocycles. The number of rotatable bonds is 1. The number of hydrogen-bond donors (Lipinski definition) is 1. The van der Waals surface area contributed by atoms with Gasteiger partial charge in [0.2, 0.25) is 0 Å². The summed E-state index contributed by atoms with van der Waals surface area (Å²) in [6.45, 7) is 2.94. The molecule has 3 rings (SSSR count). The first-order valence-corrected chi connectivity index (χ1v) is 7.47. The fraction of sp³-hybridized carbons (Fsp3) is 0.562. The SMILES string of the molecule is CC[C@@H]1CN(C(=O)O)Cc2ccc3c(c2O1)CCCC3. The predicted octanol–water partition coefficient (Wildman–Crippen LogP) is 3.22. The third-order valence-corrected chi connectivity index (χ3v) is 4.36. The van der Waals surface area contributed by atoms with Crippen LogP contribution in [0.3, 0.4) is 0 Å². The topological polar surface area (TPSA) is 49.8 Å². The monoisotopic (exact) mass is 275 g/mol. The Balaban J connectivity index is 2.02. The van der Waals surface area contributed by atoms with Crippen LogP contribution in [-0.2, 0) is 19.4 Å². The second-order valence-electron chi connectivity index (χ2n) is 5.71. The van der Waals surface area contributed by atoms with Crippen molar-refractivity contribution in [3.05, 3.63) is 28.8 Å². The zero-order valence-corrected chi connectivity index (χ0v) is 11.9. The number of ether oxygens (including phenoxy) is 1. The summed E-state index contributed by atoms with van der Waals surface area (Å²) in [5.74, 6) is 0.970. The Morgan fingerprint density at radius 2 is 2.10 bits per heavy atom. The summed E-state index contributed by atoms with van der Waals surface area (Å²) in [6, 6.07) is 4.20. The van der Waals surface area contributed by atoms with Crippen LogP contribution in [0.25, 0.3) is 0 Å². The first-order valence-electron chi connectivity index (χ1n) is 7.47. The number of hydrogen-bond acceptors (Lipinski definition) is 2. The molecule has 0 spiro atoms. The molecule has 0 saturated carbocycles. The maximum Gasteiger partial charge on any atom is 0.407 e. The molecule has 1 aromatic carbocycles. The third kappa shape index (κ3) is 2.35. The number of carboxylic acid groups (broad SMARTS) is 1. The summed E-state index contributed by atoms with van der Waals surface area (Å²) in [5.41, 5.74) is 3.72. The minimum Gasteiger partial charge on any atom is -0.488 e. The van der Waals surface area contributed by atoms with Crippen molar-refractivity contribution in [2.45, 2.75) is 51.7 Å². The van der Waals surface area contributed by atoms with Crippen molar-refractivity contribution >= 4 is 6.09 Å². The van der Waals surface area contributed by atoms with Crippen molar-refractivity contribution in [1.29, 1.82) is 0 Å². The van der Waals surface area contributed by atoms with E-state index in [-0.39, 0.29) is 6.10 Å². The lowest BCUT2D eigenvalue weighted by Gasteiger charge is -2.23. The molecule has 0 saturated heterocycles. The molecular weight excluding hydrogens is 254 g/mol. The van der Waals surface area contributed by atoms with Gasteiger partial charge in [-0.15, -0.1) is 0 Å². The number of amides is 1. The molecule has 1 amide bonds. The van der Waals surface area contributed by atoms with E-state index >= 15 is 0 Å². The van der Waals surface area contributed by atoms with Crippen molar-refractivity contribution in [2.75, 3.05) is 6.54 Å². The maximum atomic E-state index is 11.3. The highest BCUT2D eigenvalue weighted by atomic mass is 16.5. The molecule has 0 radical (unpaired) electrons. The van der Waals surface area contributed by atoms with Crippen LogP contribution in [-0.4, -0.2) is 28.7 Å². The van der Waals surface area contributed by atoms with E-state index in [2.05, 4.69) is 6.07 Å². The standard InChI is InChI=1S/C16H21NO3/c1-2-13-10-17(16(18)19)9-12-8-7-11-5-3-4-6-14(11)15(12)20-13/h7-8,13H,2-6,9-10H2,1H3,(H,18,19)/t13-/m1/s1. The Kier molecular flexibility index (Phi) is 3.55. The Bertz CT molecular complexity index is 527. The first-order chi connectivity index (χ1) is 9.69. The van der Waals surface area contributed by atoms with Gasteiger partial charge in [0.05, 0.1) is 13.1 Å². The van der Waals surface area contributed by atoms with Crippen LogP contribution in [0.4, 0.5) is 4.79 Å². The molecule has 1 aliphatic heterocycles. The lowest BCUT2D eigenvalue weighted by molar-refractivity contribution is 0.114. The van der Waals surface area contributed by atoms with E-state index in [1.165, 1.54) is 28.9 Å². The highest BCUT2D eigenvalue weighted by Crippen LogP contribution is 2.36. The Morgan fingerprint density at radius 3 is 2.85 bits per heavy atom. The minimum absolute atomic E-state index is 0.0409. The fourth-order valence-corrected chi connectivity index (χ4v) is 3.19. The average molecular weight is 275 g/mol. The summed E-state index contributed by atoms with van der Waals surface area (Å²) in [4.78, 5) is 12.8. The van der Waals surface area contributed by atoms with Gasteiger partial charge in [0, 0.05) is 5.56 Å². The Labute approximate surface area is 119 Å². The smallest absolute Gasteiger partial charge is 0.407 e. The van der Waals surface area contributed by atoms with Crippen LogP contribution in [0.1, 0.15) is 42.9 Å². The lowest BCUT2D eigenvalue weighted by Crippen LogP contribution is -2.36. The van der Waals surface area contributed by atoms with Gasteiger partial charge < -0.3 is 14.7 Å². The van der Waals surface area contributed by atoms with Gasteiger partial charge in [0.15, 0.2) is 0 Å². The van der Waals surface area contributed by atoms with Gasteiger partial charge >= 0.3 is 6.09 Å². The average Bonchev–Trinajstić information content (AvgIpc) is 2.66. The Hall–Kier alpha value is -1.71. The van der Waals surface area contributed by atoms with E-state index in [4.69, 9.17) is 4.74 Å². The van der Waals surface area contributed by atoms with Gasteiger partial charge in [0.1, 0.15) is 11.9 Å². The van der Waals surface area contributed by atoms with Crippen LogP contribution in [0.2, 0.25) is 0 Å². The lowest BCUT2D eigenvalue weighted by atomic mass is 9.89. The maximum absolute atomic E-state index is 11.3. The molecule has 1 aromatic rings. The van der Waals surface area contributed by atoms with Crippen molar-refractivity contribution in [1.82, 2.24) is 4.90 Å². The van der Waals surface area contributed by atoms with Crippen molar-refractivity contribution in [3.8, 4) is 5.75 Å². The van der Waals surface area contributed by atoms with Crippen molar-refractivity contribution in [3.63, 3.8) is 0 Å². The summed E-state index contributed by atoms with van der Waals surface area (Å²) in [5, 5.41) is 9.31. The molecule has 2 aliphatic rings. The van der Waals surface area contributed by atoms with Gasteiger partial charge in [0.25, 0.3) is 0 Å². The van der Waals surface area contributed by atoms with E-state index in [0.717, 1.165) is 30.6 Å². The molecule has 0 bridgehead atoms. The van der Waals surface area contributed by atoms with Crippen LogP contribution >= 0.6 is 0 Å². The molecule has 4 nitrogen and oxygen atoms in total. The second kappa shape index (κ2) is 5.35. The molecule has 1 heterocycles. The van der Waals surface area contributed by atoms with Crippen LogP contribution in [0, 0.1) is 0 Å². The number of fused-ring (bicyclic) bond motifs is 3. The molecule has 4 heteroatoms. The van der Waals surface area contributed by atoms with E-state index < -0.39 is 6.09 Å². The molecular formula is C16H21NO3. The number of carbonyl (C=O) groups is 1. The number of benzene rings is 1. The number of nitrogens with zero attached hydrogens (tertiary/aromatic N) is 1. The highest BCUT2D eigenvalue weighted by molar-refractivity contribution is 5.65. The fourth-order valence-electron chi connectivity index (χ4n) is 3.19. The molecule has 1 N–H and O–H groups in total. The highest BCUT2D eigenvalue weighted by Gasteiger charge is 2.28. The van der Waals surface area contributed by atoms with Crippen LogP contribution in [0.5, 0.6) is 5.75 Å². The summed E-state index contributed by atoms with van der Waals surface area (Å²) in [6.07, 6.45) is 4.54. The van der Waals surface area contributed by atoms with E-state index in [1.54, 1.807) is 0 Å². The van der Waals surface area contributed by atoms with E-state index in [1.807, 2.05) is 13.0 Å². The first kappa shape index (κ1) is 13.3. The van der Waals surface area contributed by atoms with Crippen molar-refractivity contribution < 1.29 is 14.6 Å². The molecule has 0 aromatic heterocycles.